The Balaban J connectivity index is 1.48. The molecule has 0 spiro atoms. The van der Waals surface area contributed by atoms with Crippen LogP contribution in [0, 0.1) is 0 Å². The number of hydrogen-bond donors (Lipinski definition) is 0. The number of ether oxygens (including phenoxy) is 1. The molecule has 3 aromatic heterocycles. The highest BCUT2D eigenvalue weighted by molar-refractivity contribution is 7.13. The van der Waals surface area contributed by atoms with Gasteiger partial charge in [-0.1, -0.05) is 30.7 Å². The minimum Gasteiger partial charge on any atom is -0.449 e. The van der Waals surface area contributed by atoms with E-state index < -0.39 is 6.10 Å². The van der Waals surface area contributed by atoms with Crippen LogP contribution in [-0.4, -0.2) is 21.2 Å². The van der Waals surface area contributed by atoms with Gasteiger partial charge in [0.05, 0.1) is 16.0 Å². The molecule has 0 fully saturated rings. The van der Waals surface area contributed by atoms with Gasteiger partial charge in [0.2, 0.25) is 0 Å². The number of aryl methyl sites for hydroxylation is 1. The van der Waals surface area contributed by atoms with Crippen LogP contribution >= 0.6 is 11.3 Å². The molecule has 4 aromatic rings. The average Bonchev–Trinajstić information content (AvgIpc) is 3.40. The van der Waals surface area contributed by atoms with Crippen molar-refractivity contribution in [1.82, 2.24) is 15.2 Å². The normalized spacial score (nSPS) is 14.8. The van der Waals surface area contributed by atoms with Crippen molar-refractivity contribution in [2.75, 3.05) is 0 Å². The van der Waals surface area contributed by atoms with Gasteiger partial charge in [-0.2, -0.15) is 0 Å². The lowest BCUT2D eigenvalue weighted by molar-refractivity contribution is 0.0281. The van der Waals surface area contributed by atoms with Crippen LogP contribution in [0.1, 0.15) is 59.8 Å². The van der Waals surface area contributed by atoms with Gasteiger partial charge in [0.15, 0.2) is 6.10 Å². The van der Waals surface area contributed by atoms with Crippen molar-refractivity contribution in [2.45, 2.75) is 45.1 Å². The van der Waals surface area contributed by atoms with Crippen LogP contribution in [0.15, 0.2) is 46.2 Å². The summed E-state index contributed by atoms with van der Waals surface area (Å²) in [5.74, 6) is 0.359. The molecular formula is C23H21N3O3S. The number of pyridine rings is 1. The van der Waals surface area contributed by atoms with E-state index >= 15 is 0 Å². The molecule has 0 saturated heterocycles. The van der Waals surface area contributed by atoms with Crippen LogP contribution < -0.4 is 0 Å². The highest BCUT2D eigenvalue weighted by Gasteiger charge is 2.26. The first kappa shape index (κ1) is 18.9. The molecule has 0 unspecified atom stereocenters. The predicted molar refractivity (Wildman–Crippen MR) is 114 cm³/mol. The largest absolute Gasteiger partial charge is 0.449 e. The van der Waals surface area contributed by atoms with E-state index in [0.717, 1.165) is 59.1 Å². The Kier molecular flexibility index (Phi) is 5.04. The van der Waals surface area contributed by atoms with Gasteiger partial charge < -0.3 is 9.15 Å². The zero-order valence-electron chi connectivity index (χ0n) is 16.6. The van der Waals surface area contributed by atoms with Crippen LogP contribution in [0.2, 0.25) is 0 Å². The summed E-state index contributed by atoms with van der Waals surface area (Å²) in [6.45, 7) is 1.76. The molecule has 0 N–H and O–H groups in total. The molecule has 6 nitrogen and oxygen atoms in total. The van der Waals surface area contributed by atoms with Crippen molar-refractivity contribution >= 4 is 28.2 Å². The van der Waals surface area contributed by atoms with Gasteiger partial charge in [-0.3, -0.25) is 4.98 Å². The summed E-state index contributed by atoms with van der Waals surface area (Å²) in [6, 6.07) is 11.6. The number of carbonyl (C=O) groups excluding carboxylic acids is 1. The molecule has 152 valence electrons. The standard InChI is InChI=1S/C23H21N3O3S/c1-14(21-25-26-22(29-21)19-12-7-13-30-19)28-23(27)20-15-8-3-2-4-10-17(15)24-18-11-6-5-9-16(18)20/h5-7,9,11-14H,2-4,8,10H2,1H3/t14-/m1/s1. The zero-order valence-corrected chi connectivity index (χ0v) is 17.4. The Hall–Kier alpha value is -3.06. The number of thiophene rings is 1. The van der Waals surface area contributed by atoms with E-state index in [9.17, 15) is 4.79 Å². The lowest BCUT2D eigenvalue weighted by Gasteiger charge is -2.16. The Morgan fingerprint density at radius 3 is 2.83 bits per heavy atom. The number of carbonyl (C=O) groups is 1. The number of nitrogens with zero attached hydrogens (tertiary/aromatic N) is 3. The third kappa shape index (κ3) is 3.50. The van der Waals surface area contributed by atoms with Gasteiger partial charge >= 0.3 is 5.97 Å². The fourth-order valence-electron chi connectivity index (χ4n) is 3.95. The second-order valence-corrected chi connectivity index (χ2v) is 8.41. The molecule has 7 heteroatoms. The minimum absolute atomic E-state index is 0.288. The van der Waals surface area contributed by atoms with Gasteiger partial charge in [-0.15, -0.1) is 21.5 Å². The van der Waals surface area contributed by atoms with Crippen LogP contribution in [0.5, 0.6) is 0 Å². The molecule has 30 heavy (non-hydrogen) atoms. The van der Waals surface area contributed by atoms with Crippen molar-refractivity contribution in [2.24, 2.45) is 0 Å². The maximum Gasteiger partial charge on any atom is 0.339 e. The maximum absolute atomic E-state index is 13.3. The van der Waals surface area contributed by atoms with Crippen LogP contribution in [0.4, 0.5) is 0 Å². The number of aromatic nitrogens is 3. The summed E-state index contributed by atoms with van der Waals surface area (Å²) in [4.78, 5) is 19.1. The monoisotopic (exact) mass is 419 g/mol. The van der Waals surface area contributed by atoms with E-state index in [4.69, 9.17) is 14.1 Å². The first-order valence-corrected chi connectivity index (χ1v) is 11.1. The molecule has 0 amide bonds. The molecule has 0 bridgehead atoms. The molecule has 3 heterocycles. The van der Waals surface area contributed by atoms with Gasteiger partial charge in [-0.05, 0) is 55.7 Å². The lowest BCUT2D eigenvalue weighted by atomic mass is 9.97. The fourth-order valence-corrected chi connectivity index (χ4v) is 4.60. The summed E-state index contributed by atoms with van der Waals surface area (Å²) in [5.41, 5.74) is 3.50. The number of benzene rings is 1. The van der Waals surface area contributed by atoms with Crippen molar-refractivity contribution in [3.8, 4) is 10.8 Å². The second kappa shape index (κ2) is 7.99. The number of rotatable bonds is 4. The lowest BCUT2D eigenvalue weighted by Crippen LogP contribution is -2.14. The molecule has 0 aliphatic heterocycles. The fraction of sp³-hybridized carbons (Fsp3) is 0.304. The molecule has 1 aromatic carbocycles. The number of esters is 1. The van der Waals surface area contributed by atoms with Crippen LogP contribution in [-0.2, 0) is 17.6 Å². The highest BCUT2D eigenvalue weighted by atomic mass is 32.1. The summed E-state index contributed by atoms with van der Waals surface area (Å²) in [7, 11) is 0. The summed E-state index contributed by atoms with van der Waals surface area (Å²) >= 11 is 1.52. The summed E-state index contributed by atoms with van der Waals surface area (Å²) in [5, 5.41) is 10.9. The van der Waals surface area contributed by atoms with E-state index in [-0.39, 0.29) is 11.9 Å². The smallest absolute Gasteiger partial charge is 0.339 e. The average molecular weight is 420 g/mol. The minimum atomic E-state index is -0.646. The molecule has 5 rings (SSSR count). The number of hydrogen-bond acceptors (Lipinski definition) is 7. The van der Waals surface area contributed by atoms with E-state index in [1.807, 2.05) is 41.8 Å². The molecule has 1 aliphatic rings. The predicted octanol–water partition coefficient (Wildman–Crippen LogP) is 5.53. The Labute approximate surface area is 177 Å². The van der Waals surface area contributed by atoms with Crippen molar-refractivity contribution in [3.63, 3.8) is 0 Å². The maximum atomic E-state index is 13.3. The first-order chi connectivity index (χ1) is 14.7. The Bertz CT molecular complexity index is 1200. The summed E-state index contributed by atoms with van der Waals surface area (Å²) in [6.07, 6.45) is 4.38. The van der Waals surface area contributed by atoms with Gasteiger partial charge in [-0.25, -0.2) is 4.79 Å². The van der Waals surface area contributed by atoms with Crippen molar-refractivity contribution < 1.29 is 13.9 Å². The third-order valence-corrected chi connectivity index (χ3v) is 6.29. The van der Waals surface area contributed by atoms with Gasteiger partial charge in [0, 0.05) is 11.1 Å². The molecule has 1 aliphatic carbocycles. The quantitative estimate of drug-likeness (QED) is 0.319. The van der Waals surface area contributed by atoms with Crippen molar-refractivity contribution in [1.29, 1.82) is 0 Å². The second-order valence-electron chi connectivity index (χ2n) is 7.46. The molecule has 0 saturated carbocycles. The van der Waals surface area contributed by atoms with Gasteiger partial charge in [0.25, 0.3) is 11.8 Å². The molecule has 1 atom stereocenters. The van der Waals surface area contributed by atoms with Crippen LogP contribution in [0.25, 0.3) is 21.7 Å². The highest BCUT2D eigenvalue weighted by Crippen LogP contribution is 2.31. The van der Waals surface area contributed by atoms with E-state index in [1.54, 1.807) is 6.92 Å². The topological polar surface area (TPSA) is 78.1 Å². The number of para-hydroxylation sites is 1. The first-order valence-electron chi connectivity index (χ1n) is 10.2. The van der Waals surface area contributed by atoms with Crippen molar-refractivity contribution in [3.05, 3.63) is 64.5 Å². The van der Waals surface area contributed by atoms with Gasteiger partial charge in [0.1, 0.15) is 0 Å². The van der Waals surface area contributed by atoms with E-state index in [0.29, 0.717) is 11.5 Å². The van der Waals surface area contributed by atoms with E-state index in [2.05, 4.69) is 10.2 Å². The third-order valence-electron chi connectivity index (χ3n) is 5.43. The Morgan fingerprint density at radius 1 is 1.10 bits per heavy atom. The zero-order chi connectivity index (χ0) is 20.5. The molecular weight excluding hydrogens is 398 g/mol. The van der Waals surface area contributed by atoms with E-state index in [1.165, 1.54) is 11.3 Å². The summed E-state index contributed by atoms with van der Waals surface area (Å²) < 4.78 is 11.6. The van der Waals surface area contributed by atoms with Crippen LogP contribution in [0.3, 0.4) is 0 Å². The number of fused-ring (bicyclic) bond motifs is 2. The SMILES string of the molecule is C[C@@H](OC(=O)c1c2c(nc3ccccc13)CCCCC2)c1nnc(-c2cccs2)o1. The molecule has 0 radical (unpaired) electrons. The Morgan fingerprint density at radius 2 is 1.97 bits per heavy atom.